The highest BCUT2D eigenvalue weighted by Gasteiger charge is 2.03. The van der Waals surface area contributed by atoms with Crippen molar-refractivity contribution in [3.8, 4) is 0 Å². The van der Waals surface area contributed by atoms with Crippen LogP contribution in [0.25, 0.3) is 6.08 Å². The van der Waals surface area contributed by atoms with Gasteiger partial charge in [-0.1, -0.05) is 27.6 Å². The normalized spacial score (nSPS) is 14.2. The third kappa shape index (κ3) is 3.10. The Morgan fingerprint density at radius 3 is 2.79 bits per heavy atom. The zero-order valence-electron chi connectivity index (χ0n) is 8.02. The molecule has 0 saturated heterocycles. The molecular weight excluding hydrogens is 266 g/mol. The molecule has 14 heavy (non-hydrogen) atoms. The van der Waals surface area contributed by atoms with Crippen molar-refractivity contribution in [3.05, 3.63) is 39.6 Å². The lowest BCUT2D eigenvalue weighted by Crippen LogP contribution is -1.93. The van der Waals surface area contributed by atoms with Crippen LogP contribution in [0.5, 0.6) is 0 Å². The van der Waals surface area contributed by atoms with E-state index in [1.54, 1.807) is 18.2 Å². The molecule has 0 N–H and O–H groups in total. The fourth-order valence-corrected chi connectivity index (χ4v) is 1.43. The predicted molar refractivity (Wildman–Crippen MR) is 63.1 cm³/mol. The van der Waals surface area contributed by atoms with E-state index in [0.717, 1.165) is 10.0 Å². The summed E-state index contributed by atoms with van der Waals surface area (Å²) in [5.74, 6) is -0.232. The first-order valence-corrected chi connectivity index (χ1v) is 5.51. The van der Waals surface area contributed by atoms with Gasteiger partial charge in [-0.05, 0) is 32.0 Å². The standard InChI is InChI=1S/C11H11BrClF/c1-7(8(2)13)5-9-6-10(12)3-4-11(9)14/h3-6,8H,1-2H3/b7-5+. The molecule has 1 rings (SSSR count). The van der Waals surface area contributed by atoms with Gasteiger partial charge in [0.25, 0.3) is 0 Å². The van der Waals surface area contributed by atoms with Crippen LogP contribution in [0.4, 0.5) is 4.39 Å². The Hall–Kier alpha value is -0.340. The van der Waals surface area contributed by atoms with Crippen LogP contribution < -0.4 is 0 Å². The Morgan fingerprint density at radius 1 is 1.57 bits per heavy atom. The van der Waals surface area contributed by atoms with Crippen molar-refractivity contribution in [1.29, 1.82) is 0 Å². The smallest absolute Gasteiger partial charge is 0.130 e. The minimum atomic E-state index is -0.232. The molecule has 1 aromatic carbocycles. The number of alkyl halides is 1. The van der Waals surface area contributed by atoms with Gasteiger partial charge in [0, 0.05) is 10.0 Å². The average molecular weight is 278 g/mol. The maximum atomic E-state index is 13.3. The van der Waals surface area contributed by atoms with E-state index in [-0.39, 0.29) is 11.2 Å². The highest BCUT2D eigenvalue weighted by molar-refractivity contribution is 9.10. The van der Waals surface area contributed by atoms with Crippen LogP contribution in [0.1, 0.15) is 19.4 Å². The van der Waals surface area contributed by atoms with E-state index in [1.807, 2.05) is 13.8 Å². The maximum Gasteiger partial charge on any atom is 0.130 e. The highest BCUT2D eigenvalue weighted by Crippen LogP contribution is 2.20. The van der Waals surface area contributed by atoms with Gasteiger partial charge in [-0.2, -0.15) is 0 Å². The van der Waals surface area contributed by atoms with E-state index in [4.69, 9.17) is 11.6 Å². The molecule has 3 heteroatoms. The van der Waals surface area contributed by atoms with Crippen molar-refractivity contribution in [3.63, 3.8) is 0 Å². The molecule has 0 saturated carbocycles. The van der Waals surface area contributed by atoms with Gasteiger partial charge in [-0.15, -0.1) is 11.6 Å². The number of rotatable bonds is 2. The van der Waals surface area contributed by atoms with Crippen molar-refractivity contribution in [2.75, 3.05) is 0 Å². The minimum Gasteiger partial charge on any atom is -0.206 e. The fraction of sp³-hybridized carbons (Fsp3) is 0.273. The molecule has 0 bridgehead atoms. The first kappa shape index (κ1) is 11.7. The summed E-state index contributed by atoms with van der Waals surface area (Å²) in [6.07, 6.45) is 1.76. The van der Waals surface area contributed by atoms with Gasteiger partial charge in [0.15, 0.2) is 0 Å². The Bertz CT molecular complexity index is 358. The Labute approximate surface area is 96.9 Å². The van der Waals surface area contributed by atoms with Gasteiger partial charge in [0.1, 0.15) is 5.82 Å². The highest BCUT2D eigenvalue weighted by atomic mass is 79.9. The Balaban J connectivity index is 3.07. The summed E-state index contributed by atoms with van der Waals surface area (Å²) >= 11 is 9.16. The van der Waals surface area contributed by atoms with Crippen LogP contribution in [0.2, 0.25) is 0 Å². The summed E-state index contributed by atoms with van der Waals surface area (Å²) in [6.45, 7) is 3.75. The first-order valence-electron chi connectivity index (χ1n) is 4.28. The lowest BCUT2D eigenvalue weighted by molar-refractivity contribution is 0.624. The molecule has 0 aliphatic rings. The Kier molecular flexibility index (Phi) is 4.14. The SMILES string of the molecule is C/C(=C\c1cc(Br)ccc1F)C(C)Cl. The third-order valence-electron chi connectivity index (χ3n) is 1.97. The summed E-state index contributed by atoms with van der Waals surface area (Å²) in [5, 5.41) is -0.0756. The molecule has 76 valence electrons. The van der Waals surface area contributed by atoms with Crippen LogP contribution >= 0.6 is 27.5 Å². The number of allylic oxidation sites excluding steroid dienone is 1. The van der Waals surface area contributed by atoms with Crippen molar-refractivity contribution in [2.24, 2.45) is 0 Å². The van der Waals surface area contributed by atoms with E-state index >= 15 is 0 Å². The Morgan fingerprint density at radius 2 is 2.21 bits per heavy atom. The first-order chi connectivity index (χ1) is 6.50. The van der Waals surface area contributed by atoms with E-state index in [0.29, 0.717) is 5.56 Å². The number of benzene rings is 1. The molecule has 0 spiro atoms. The zero-order chi connectivity index (χ0) is 10.7. The largest absolute Gasteiger partial charge is 0.206 e. The van der Waals surface area contributed by atoms with Gasteiger partial charge in [-0.3, -0.25) is 0 Å². The summed E-state index contributed by atoms with van der Waals surface area (Å²) < 4.78 is 14.1. The second-order valence-corrected chi connectivity index (χ2v) is 4.74. The summed E-state index contributed by atoms with van der Waals surface area (Å²) in [7, 11) is 0. The van der Waals surface area contributed by atoms with E-state index in [1.165, 1.54) is 6.07 Å². The number of hydrogen-bond acceptors (Lipinski definition) is 0. The quantitative estimate of drug-likeness (QED) is 0.692. The molecule has 1 unspecified atom stereocenters. The van der Waals surface area contributed by atoms with Gasteiger partial charge < -0.3 is 0 Å². The van der Waals surface area contributed by atoms with Gasteiger partial charge >= 0.3 is 0 Å². The zero-order valence-corrected chi connectivity index (χ0v) is 10.4. The van der Waals surface area contributed by atoms with Crippen molar-refractivity contribution in [2.45, 2.75) is 19.2 Å². The van der Waals surface area contributed by atoms with Crippen LogP contribution in [-0.2, 0) is 0 Å². The molecule has 0 fully saturated rings. The van der Waals surface area contributed by atoms with E-state index in [9.17, 15) is 4.39 Å². The van der Waals surface area contributed by atoms with E-state index < -0.39 is 0 Å². The number of hydrogen-bond donors (Lipinski definition) is 0. The number of halogens is 3. The molecule has 0 heterocycles. The minimum absolute atomic E-state index is 0.0756. The molecule has 1 atom stereocenters. The van der Waals surface area contributed by atoms with Gasteiger partial charge in [0.05, 0.1) is 5.38 Å². The van der Waals surface area contributed by atoms with Crippen LogP contribution in [0.3, 0.4) is 0 Å². The fourth-order valence-electron chi connectivity index (χ4n) is 0.985. The average Bonchev–Trinajstić information content (AvgIpc) is 2.11. The van der Waals surface area contributed by atoms with Crippen molar-refractivity contribution in [1.82, 2.24) is 0 Å². The second-order valence-electron chi connectivity index (χ2n) is 3.17. The van der Waals surface area contributed by atoms with Gasteiger partial charge in [-0.25, -0.2) is 4.39 Å². The van der Waals surface area contributed by atoms with Crippen LogP contribution in [0.15, 0.2) is 28.2 Å². The molecule has 0 aromatic heterocycles. The summed E-state index contributed by atoms with van der Waals surface area (Å²) in [5.41, 5.74) is 1.51. The molecule has 0 aliphatic carbocycles. The third-order valence-corrected chi connectivity index (χ3v) is 2.81. The summed E-state index contributed by atoms with van der Waals surface area (Å²) in [4.78, 5) is 0. The van der Waals surface area contributed by atoms with Crippen LogP contribution in [0, 0.1) is 5.82 Å². The lowest BCUT2D eigenvalue weighted by Gasteiger charge is -2.04. The van der Waals surface area contributed by atoms with Crippen molar-refractivity contribution < 1.29 is 4.39 Å². The van der Waals surface area contributed by atoms with Gasteiger partial charge in [0.2, 0.25) is 0 Å². The monoisotopic (exact) mass is 276 g/mol. The molecule has 0 aliphatic heterocycles. The molecule has 0 amide bonds. The molecular formula is C11H11BrClF. The molecule has 0 radical (unpaired) electrons. The van der Waals surface area contributed by atoms with Crippen LogP contribution in [-0.4, -0.2) is 5.38 Å². The van der Waals surface area contributed by atoms with Crippen molar-refractivity contribution >= 4 is 33.6 Å². The second kappa shape index (κ2) is 4.94. The van der Waals surface area contributed by atoms with E-state index in [2.05, 4.69) is 15.9 Å². The molecule has 1 aromatic rings. The molecule has 0 nitrogen and oxygen atoms in total. The summed E-state index contributed by atoms with van der Waals surface area (Å²) in [6, 6.07) is 4.84. The predicted octanol–water partition coefficient (Wildman–Crippen LogP) is 4.62. The topological polar surface area (TPSA) is 0 Å². The maximum absolute atomic E-state index is 13.3. The lowest BCUT2D eigenvalue weighted by atomic mass is 10.1.